The van der Waals surface area contributed by atoms with E-state index in [4.69, 9.17) is 18.0 Å². The zero-order valence-corrected chi connectivity index (χ0v) is 11.7. The smallest absolute Gasteiger partial charge is 0.158 e. The van der Waals surface area contributed by atoms with Gasteiger partial charge in [-0.15, -0.1) is 11.3 Å². The van der Waals surface area contributed by atoms with Crippen molar-refractivity contribution in [3.05, 3.63) is 68.3 Å². The number of nitrogens with one attached hydrogen (secondary N) is 1. The first-order valence-electron chi connectivity index (χ1n) is 5.87. The van der Waals surface area contributed by atoms with Crippen molar-refractivity contribution < 1.29 is 0 Å². The number of aromatic nitrogens is 1. The van der Waals surface area contributed by atoms with E-state index in [1.165, 1.54) is 16.0 Å². The van der Waals surface area contributed by atoms with Crippen LogP contribution in [0.3, 0.4) is 0 Å². The Bertz CT molecular complexity index is 848. The quantitative estimate of drug-likeness (QED) is 0.403. The summed E-state index contributed by atoms with van der Waals surface area (Å²) < 4.78 is 0.828. The molecule has 0 radical (unpaired) electrons. The molecule has 0 fully saturated rings. The van der Waals surface area contributed by atoms with Crippen LogP contribution in [-0.4, -0.2) is 4.98 Å². The van der Waals surface area contributed by atoms with Gasteiger partial charge in [-0.3, -0.25) is 0 Å². The predicted molar refractivity (Wildman–Crippen MR) is 83.5 cm³/mol. The van der Waals surface area contributed by atoms with E-state index in [9.17, 15) is 0 Å². The van der Waals surface area contributed by atoms with Gasteiger partial charge >= 0.3 is 0 Å². The van der Waals surface area contributed by atoms with Crippen LogP contribution in [0.2, 0.25) is 0 Å². The van der Waals surface area contributed by atoms with Crippen LogP contribution in [0.15, 0.2) is 53.9 Å². The highest BCUT2D eigenvalue weighted by Gasteiger charge is 1.98. The largest absolute Gasteiger partial charge is 0.398 e. The number of nitrogen functional groups attached to an aromatic ring is 1. The van der Waals surface area contributed by atoms with E-state index in [1.54, 1.807) is 11.3 Å². The van der Waals surface area contributed by atoms with Crippen LogP contribution in [0.1, 0.15) is 0 Å². The molecule has 0 aliphatic heterocycles. The van der Waals surface area contributed by atoms with Gasteiger partial charge in [0.2, 0.25) is 0 Å². The van der Waals surface area contributed by atoms with Gasteiger partial charge in [-0.25, -0.2) is 0 Å². The third-order valence-electron chi connectivity index (χ3n) is 2.97. The standard InChI is InChI=1S/C9H7NS2.C6H5N/c11-9-10-8(6-12-9)7-4-2-1-3-5-7;7-6-3-4-1-2-5(4)6/h1-6H,(H,10,11);1-3H,7H2. The minimum Gasteiger partial charge on any atom is -0.398 e. The summed E-state index contributed by atoms with van der Waals surface area (Å²) in [6.45, 7) is 0. The van der Waals surface area contributed by atoms with Crippen LogP contribution < -0.4 is 5.73 Å². The fourth-order valence-corrected chi connectivity index (χ4v) is 2.70. The Hall–Kier alpha value is -1.91. The molecule has 0 saturated carbocycles. The van der Waals surface area contributed by atoms with Crippen molar-refractivity contribution in [1.82, 2.24) is 4.98 Å². The molecule has 4 heteroatoms. The Morgan fingerprint density at radius 2 is 1.84 bits per heavy atom. The van der Waals surface area contributed by atoms with Gasteiger partial charge in [0.05, 0.1) is 5.69 Å². The second-order valence-electron chi connectivity index (χ2n) is 4.23. The molecule has 1 aromatic carbocycles. The highest BCUT2D eigenvalue weighted by Crippen LogP contribution is 2.19. The van der Waals surface area contributed by atoms with Crippen molar-refractivity contribution in [1.29, 1.82) is 0 Å². The number of hydrogen-bond acceptors (Lipinski definition) is 3. The van der Waals surface area contributed by atoms with Crippen molar-refractivity contribution in [2.24, 2.45) is 0 Å². The Morgan fingerprint density at radius 1 is 1.05 bits per heavy atom. The van der Waals surface area contributed by atoms with Crippen LogP contribution in [0.5, 0.6) is 0 Å². The minimum absolute atomic E-state index is 0.828. The van der Waals surface area contributed by atoms with Crippen molar-refractivity contribution in [3.63, 3.8) is 0 Å². The van der Waals surface area contributed by atoms with Crippen molar-refractivity contribution >= 4 is 29.2 Å². The molecule has 0 atom stereocenters. The molecule has 2 aromatic rings. The van der Waals surface area contributed by atoms with Crippen molar-refractivity contribution in [2.75, 3.05) is 5.73 Å². The van der Waals surface area contributed by atoms with E-state index in [1.807, 2.05) is 35.7 Å². The van der Waals surface area contributed by atoms with Gasteiger partial charge in [0.1, 0.15) is 0 Å². The lowest BCUT2D eigenvalue weighted by Crippen LogP contribution is -1.95. The van der Waals surface area contributed by atoms with Crippen LogP contribution in [0.4, 0.5) is 5.69 Å². The summed E-state index contributed by atoms with van der Waals surface area (Å²) in [4.78, 5) is 3.13. The number of benzene rings is 2. The van der Waals surface area contributed by atoms with Gasteiger partial charge in [-0.2, -0.15) is 0 Å². The number of hydrogen-bond donors (Lipinski definition) is 2. The van der Waals surface area contributed by atoms with Gasteiger partial charge in [0.25, 0.3) is 0 Å². The summed E-state index contributed by atoms with van der Waals surface area (Å²) >= 11 is 6.55. The second kappa shape index (κ2) is 4.99. The molecule has 3 N–H and O–H groups in total. The van der Waals surface area contributed by atoms with E-state index in [0.717, 1.165) is 15.3 Å². The summed E-state index contributed by atoms with van der Waals surface area (Å²) in [5.74, 6) is 0. The fourth-order valence-electron chi connectivity index (χ4n) is 1.86. The zero-order valence-electron chi connectivity index (χ0n) is 10.1. The van der Waals surface area contributed by atoms with E-state index >= 15 is 0 Å². The van der Waals surface area contributed by atoms with Gasteiger partial charge < -0.3 is 10.7 Å². The number of nitrogens with two attached hydrogens (primary N) is 1. The van der Waals surface area contributed by atoms with Crippen molar-refractivity contribution in [3.8, 4) is 11.3 Å². The molecular formula is C15H12N2S2. The second-order valence-corrected chi connectivity index (χ2v) is 5.78. The maximum Gasteiger partial charge on any atom is 0.158 e. The van der Waals surface area contributed by atoms with Crippen molar-refractivity contribution in [2.45, 2.75) is 0 Å². The Morgan fingerprint density at radius 3 is 2.21 bits per heavy atom. The van der Waals surface area contributed by atoms with Gasteiger partial charge in [-0.05, 0) is 29.1 Å². The van der Waals surface area contributed by atoms with Gasteiger partial charge in [-0.1, -0.05) is 42.5 Å². The van der Waals surface area contributed by atoms with Crippen LogP contribution in [0.25, 0.3) is 11.3 Å². The first kappa shape index (κ1) is 12.1. The SMILES string of the molecule is Nc1cc2ccc1=2.S=c1[nH]c(-c2ccccc2)cs1. The van der Waals surface area contributed by atoms with Crippen LogP contribution in [-0.2, 0) is 0 Å². The monoisotopic (exact) mass is 284 g/mol. The molecule has 0 unspecified atom stereocenters. The topological polar surface area (TPSA) is 41.8 Å². The van der Waals surface area contributed by atoms with E-state index in [0.29, 0.717) is 0 Å². The number of aromatic amines is 1. The average Bonchev–Trinajstić information content (AvgIpc) is 2.84. The third kappa shape index (κ3) is 2.45. The Labute approximate surface area is 119 Å². The maximum atomic E-state index is 5.42. The van der Waals surface area contributed by atoms with Crippen LogP contribution >= 0.6 is 23.6 Å². The first-order chi connectivity index (χ1) is 9.24. The Kier molecular flexibility index (Phi) is 3.19. The molecule has 2 nitrogen and oxygen atoms in total. The molecule has 0 amide bonds. The highest BCUT2D eigenvalue weighted by molar-refractivity contribution is 7.73. The summed E-state index contributed by atoms with van der Waals surface area (Å²) in [5, 5.41) is 4.61. The molecule has 94 valence electrons. The molecule has 0 spiro atoms. The molecule has 2 aliphatic carbocycles. The minimum atomic E-state index is 0.828. The lowest BCUT2D eigenvalue weighted by molar-refractivity contribution is 1.38. The van der Waals surface area contributed by atoms with E-state index in [2.05, 4.69) is 23.2 Å². The number of thiazole rings is 1. The molecule has 0 saturated heterocycles. The average molecular weight is 284 g/mol. The number of H-pyrrole nitrogens is 1. The molecule has 2 aliphatic rings. The molecule has 0 bridgehead atoms. The molecule has 1 heterocycles. The number of anilines is 1. The summed E-state index contributed by atoms with van der Waals surface area (Å²) in [5.41, 5.74) is 8.65. The fraction of sp³-hybridized carbons (Fsp3) is 0. The molecule has 1 aromatic heterocycles. The van der Waals surface area contributed by atoms with Gasteiger partial charge in [0, 0.05) is 16.3 Å². The predicted octanol–water partition coefficient (Wildman–Crippen LogP) is 4.34. The maximum absolute atomic E-state index is 5.42. The zero-order chi connectivity index (χ0) is 13.2. The summed E-state index contributed by atoms with van der Waals surface area (Å²) in [6.07, 6.45) is 0. The summed E-state index contributed by atoms with van der Waals surface area (Å²) in [6, 6.07) is 16.2. The van der Waals surface area contributed by atoms with Gasteiger partial charge in [0.15, 0.2) is 3.95 Å². The third-order valence-corrected chi connectivity index (χ3v) is 4.03. The molecule has 19 heavy (non-hydrogen) atoms. The lowest BCUT2D eigenvalue weighted by Gasteiger charge is -2.03. The molecular weight excluding hydrogens is 272 g/mol. The Balaban J connectivity index is 0.000000132. The van der Waals surface area contributed by atoms with Crippen LogP contribution in [0, 0.1) is 14.4 Å². The first-order valence-corrected chi connectivity index (χ1v) is 7.16. The van der Waals surface area contributed by atoms with E-state index in [-0.39, 0.29) is 0 Å². The summed E-state index contributed by atoms with van der Waals surface area (Å²) in [7, 11) is 0. The number of rotatable bonds is 1. The van der Waals surface area contributed by atoms with E-state index < -0.39 is 0 Å². The lowest BCUT2D eigenvalue weighted by atomic mass is 10.1. The highest BCUT2D eigenvalue weighted by atomic mass is 32.1. The normalized spacial score (nSPS) is 10.5. The molecule has 4 rings (SSSR count).